The van der Waals surface area contributed by atoms with Gasteiger partial charge in [-0.2, -0.15) is 74.6 Å². The molecule has 36 heavy (non-hydrogen) atoms. The van der Waals surface area contributed by atoms with E-state index in [0.717, 1.165) is 17.4 Å². The minimum Gasteiger partial charge on any atom is -0.332 e. The molecule has 1 aromatic rings. The number of amides is 2. The number of rotatable bonds is 9. The van der Waals surface area contributed by atoms with Crippen molar-refractivity contribution in [1.82, 2.24) is 5.32 Å². The Kier molecular flexibility index (Phi) is 7.83. The molecule has 0 aliphatic rings. The minimum absolute atomic E-state index is 0.241. The van der Waals surface area contributed by atoms with E-state index in [-0.39, 0.29) is 5.69 Å². The van der Waals surface area contributed by atoms with E-state index >= 15 is 0 Å². The van der Waals surface area contributed by atoms with Crippen molar-refractivity contribution in [3.63, 3.8) is 0 Å². The number of benzene rings is 1. The molecule has 0 unspecified atom stereocenters. The third-order valence-electron chi connectivity index (χ3n) is 4.29. The summed E-state index contributed by atoms with van der Waals surface area (Å²) in [5, 5.41) is 2.39. The number of anilines is 1. The SMILES string of the molecule is O=C(NCC(F)(F)C(F)(F)C(F)(F)C(F)(F)C(F)(F)C(F)(F)C(F)(F)C(F)(F)F)Nc1ccccc1. The number of para-hydroxylation sites is 1. The Hall–Kier alpha value is -2.70. The molecule has 1 aromatic carbocycles. The van der Waals surface area contributed by atoms with E-state index in [4.69, 9.17) is 0 Å². The number of carbonyl (C=O) groups is 1. The third-order valence-corrected chi connectivity index (χ3v) is 4.29. The molecule has 0 saturated carbocycles. The topological polar surface area (TPSA) is 41.1 Å². The lowest BCUT2D eigenvalue weighted by atomic mass is 9.89. The molecule has 0 radical (unpaired) electrons. The zero-order valence-corrected chi connectivity index (χ0v) is 16.4. The van der Waals surface area contributed by atoms with Crippen molar-refractivity contribution < 1.29 is 79.4 Å². The summed E-state index contributed by atoms with van der Waals surface area (Å²) in [7, 11) is 0. The summed E-state index contributed by atoms with van der Waals surface area (Å²) in [4.78, 5) is 11.4. The lowest BCUT2D eigenvalue weighted by Crippen LogP contribution is -2.75. The lowest BCUT2D eigenvalue weighted by molar-refractivity contribution is -0.461. The molecule has 0 bridgehead atoms. The van der Waals surface area contributed by atoms with Gasteiger partial charge >= 0.3 is 53.7 Å². The number of hydrogen-bond donors (Lipinski definition) is 2. The van der Waals surface area contributed by atoms with Crippen LogP contribution in [0.3, 0.4) is 0 Å². The van der Waals surface area contributed by atoms with Gasteiger partial charge in [-0.3, -0.25) is 0 Å². The average Bonchev–Trinajstić information content (AvgIpc) is 2.71. The van der Waals surface area contributed by atoms with Crippen LogP contribution in [0.15, 0.2) is 30.3 Å². The zero-order valence-electron chi connectivity index (χ0n) is 16.4. The molecular formula is C16H9F17N2O. The number of carbonyl (C=O) groups excluding carboxylic acids is 1. The quantitative estimate of drug-likeness (QED) is 0.316. The highest BCUT2D eigenvalue weighted by molar-refractivity contribution is 5.89. The molecule has 0 spiro atoms. The highest BCUT2D eigenvalue weighted by atomic mass is 19.4. The van der Waals surface area contributed by atoms with Crippen LogP contribution in [0.2, 0.25) is 0 Å². The van der Waals surface area contributed by atoms with E-state index in [1.54, 1.807) is 5.32 Å². The van der Waals surface area contributed by atoms with Crippen molar-refractivity contribution in [1.29, 1.82) is 0 Å². The molecule has 208 valence electrons. The summed E-state index contributed by atoms with van der Waals surface area (Å²) in [5.41, 5.74) is -0.241. The van der Waals surface area contributed by atoms with Gasteiger partial charge in [0.2, 0.25) is 0 Å². The number of urea groups is 1. The molecule has 0 heterocycles. The second-order valence-corrected chi connectivity index (χ2v) is 6.82. The summed E-state index contributed by atoms with van der Waals surface area (Å²) in [6.45, 7) is -3.06. The molecule has 0 saturated heterocycles. The van der Waals surface area contributed by atoms with Gasteiger partial charge in [-0.25, -0.2) is 4.79 Å². The van der Waals surface area contributed by atoms with Crippen LogP contribution in [0.5, 0.6) is 0 Å². The van der Waals surface area contributed by atoms with Gasteiger partial charge in [0.05, 0.1) is 6.54 Å². The van der Waals surface area contributed by atoms with Gasteiger partial charge in [-0.1, -0.05) is 18.2 Å². The van der Waals surface area contributed by atoms with Crippen LogP contribution >= 0.6 is 0 Å². The van der Waals surface area contributed by atoms with Crippen LogP contribution in [-0.2, 0) is 0 Å². The molecular weight excluding hydrogens is 559 g/mol. The van der Waals surface area contributed by atoms with E-state index in [1.807, 2.05) is 0 Å². The highest BCUT2D eigenvalue weighted by Crippen LogP contribution is 2.63. The standard InChI is InChI=1S/C16H9F17N2O/c17-9(18,6-34-8(36)35-7-4-2-1-3-5-7)10(19,20)11(21,22)12(23,24)13(25,26)14(27,28)15(29,30)16(31,32)33/h1-5H,6H2,(H2,34,35,36). The molecule has 0 aliphatic carbocycles. The van der Waals surface area contributed by atoms with Gasteiger partial charge in [0.1, 0.15) is 0 Å². The van der Waals surface area contributed by atoms with Gasteiger partial charge < -0.3 is 10.6 Å². The first-order chi connectivity index (χ1) is 15.7. The fourth-order valence-corrected chi connectivity index (χ4v) is 2.20. The normalized spacial score (nSPS) is 15.0. The van der Waals surface area contributed by atoms with Crippen LogP contribution in [0.1, 0.15) is 0 Å². The number of alkyl halides is 17. The maximum Gasteiger partial charge on any atom is 0.460 e. The van der Waals surface area contributed by atoms with E-state index in [1.165, 1.54) is 18.2 Å². The van der Waals surface area contributed by atoms with Gasteiger partial charge in [0.15, 0.2) is 0 Å². The summed E-state index contributed by atoms with van der Waals surface area (Å²) >= 11 is 0. The zero-order chi connectivity index (χ0) is 28.8. The fourth-order valence-electron chi connectivity index (χ4n) is 2.20. The van der Waals surface area contributed by atoms with Gasteiger partial charge in [-0.15, -0.1) is 0 Å². The molecule has 1 rings (SSSR count). The second kappa shape index (κ2) is 9.00. The van der Waals surface area contributed by atoms with Crippen LogP contribution in [0, 0.1) is 0 Å². The maximum absolute atomic E-state index is 13.7. The Morgan fingerprint density at radius 1 is 0.556 bits per heavy atom. The van der Waals surface area contributed by atoms with E-state index in [2.05, 4.69) is 0 Å². The van der Waals surface area contributed by atoms with E-state index < -0.39 is 60.2 Å². The molecule has 0 fully saturated rings. The van der Waals surface area contributed by atoms with E-state index in [9.17, 15) is 79.4 Å². The minimum atomic E-state index is -8.69. The second-order valence-electron chi connectivity index (χ2n) is 6.82. The summed E-state index contributed by atoms with van der Waals surface area (Å²) < 4.78 is 223. The predicted octanol–water partition coefficient (Wildman–Crippen LogP) is 6.82. The van der Waals surface area contributed by atoms with Crippen molar-refractivity contribution in [3.8, 4) is 0 Å². The molecule has 0 aromatic heterocycles. The number of halogens is 17. The van der Waals surface area contributed by atoms with Crippen molar-refractivity contribution >= 4 is 11.7 Å². The van der Waals surface area contributed by atoms with Crippen molar-refractivity contribution in [2.75, 3.05) is 11.9 Å². The molecule has 3 nitrogen and oxygen atoms in total. The van der Waals surface area contributed by atoms with Gasteiger partial charge in [0, 0.05) is 5.69 Å². The molecule has 0 aliphatic heterocycles. The third kappa shape index (κ3) is 4.69. The number of nitrogens with one attached hydrogen (secondary N) is 2. The van der Waals surface area contributed by atoms with Crippen LogP contribution in [-0.4, -0.2) is 60.2 Å². The predicted molar refractivity (Wildman–Crippen MR) is 84.1 cm³/mol. The summed E-state index contributed by atoms with van der Waals surface area (Å²) in [6, 6.07) is 4.01. The Bertz CT molecular complexity index is 926. The first-order valence-corrected chi connectivity index (χ1v) is 8.53. The Balaban J connectivity index is 3.33. The Morgan fingerprint density at radius 3 is 1.31 bits per heavy atom. The number of hydrogen-bond acceptors (Lipinski definition) is 1. The molecule has 20 heteroatoms. The van der Waals surface area contributed by atoms with Crippen molar-refractivity contribution in [2.45, 2.75) is 47.6 Å². The molecule has 0 atom stereocenters. The van der Waals surface area contributed by atoms with Crippen LogP contribution < -0.4 is 10.6 Å². The average molecular weight is 568 g/mol. The van der Waals surface area contributed by atoms with Crippen LogP contribution in [0.25, 0.3) is 0 Å². The first kappa shape index (κ1) is 31.3. The summed E-state index contributed by atoms with van der Waals surface area (Å²) in [5.74, 6) is -57.1. The Labute approximate surface area is 187 Å². The fraction of sp³-hybridized carbons (Fsp3) is 0.562. The first-order valence-electron chi connectivity index (χ1n) is 8.53. The smallest absolute Gasteiger partial charge is 0.332 e. The van der Waals surface area contributed by atoms with Gasteiger partial charge in [-0.05, 0) is 12.1 Å². The van der Waals surface area contributed by atoms with Crippen molar-refractivity contribution in [3.05, 3.63) is 30.3 Å². The lowest BCUT2D eigenvalue weighted by Gasteiger charge is -2.42. The van der Waals surface area contributed by atoms with E-state index in [0.29, 0.717) is 0 Å². The molecule has 2 N–H and O–H groups in total. The summed E-state index contributed by atoms with van der Waals surface area (Å²) in [6.07, 6.45) is -7.81. The largest absolute Gasteiger partial charge is 0.460 e. The van der Waals surface area contributed by atoms with Crippen LogP contribution in [0.4, 0.5) is 85.1 Å². The Morgan fingerprint density at radius 2 is 0.917 bits per heavy atom. The maximum atomic E-state index is 13.7. The van der Waals surface area contributed by atoms with Gasteiger partial charge in [0.25, 0.3) is 0 Å². The van der Waals surface area contributed by atoms with Crippen molar-refractivity contribution in [2.24, 2.45) is 0 Å². The monoisotopic (exact) mass is 568 g/mol. The highest BCUT2D eigenvalue weighted by Gasteiger charge is 2.95. The molecule has 2 amide bonds.